The zero-order valence-corrected chi connectivity index (χ0v) is 17.3. The van der Waals surface area contributed by atoms with E-state index in [9.17, 15) is 14.7 Å². The molecule has 0 aliphatic heterocycles. The molecule has 0 unspecified atom stereocenters. The molecule has 29 heavy (non-hydrogen) atoms. The van der Waals surface area contributed by atoms with Crippen LogP contribution in [0, 0.1) is 3.57 Å². The molecule has 3 aromatic carbocycles. The number of carboxylic acid groups (broad SMARTS) is 1. The highest BCUT2D eigenvalue weighted by Crippen LogP contribution is 2.17. The molecule has 0 saturated heterocycles. The predicted molar refractivity (Wildman–Crippen MR) is 122 cm³/mol. The van der Waals surface area contributed by atoms with Crippen LogP contribution in [0.1, 0.15) is 21.7 Å². The molecule has 0 spiro atoms. The lowest BCUT2D eigenvalue weighted by Crippen LogP contribution is -2.22. The summed E-state index contributed by atoms with van der Waals surface area (Å²) < 4.78 is 2.57. The van der Waals surface area contributed by atoms with E-state index in [2.05, 4.69) is 27.6 Å². The number of carbonyl (C=O) groups is 1. The molecular formula is C23H15IN2O3. The first kappa shape index (κ1) is 19.1. The normalized spacial score (nSPS) is 11.2. The summed E-state index contributed by atoms with van der Waals surface area (Å²) >= 11 is 2.24. The Balaban J connectivity index is 1.94. The minimum Gasteiger partial charge on any atom is -0.478 e. The van der Waals surface area contributed by atoms with Gasteiger partial charge in [0.25, 0.3) is 5.56 Å². The molecule has 4 rings (SSSR count). The van der Waals surface area contributed by atoms with Crippen LogP contribution < -0.4 is 5.56 Å². The SMILES string of the molecule is O=C(O)c1cccc(-n2c(/C=C/c3ccc(I)cc3)nc3ccccc3c2=O)c1. The van der Waals surface area contributed by atoms with Gasteiger partial charge in [-0.25, -0.2) is 9.78 Å². The maximum absolute atomic E-state index is 13.2. The number of para-hydroxylation sites is 1. The molecule has 0 atom stereocenters. The highest BCUT2D eigenvalue weighted by molar-refractivity contribution is 14.1. The molecule has 1 heterocycles. The average molecular weight is 494 g/mol. The summed E-state index contributed by atoms with van der Waals surface area (Å²) in [5, 5.41) is 9.80. The van der Waals surface area contributed by atoms with Crippen molar-refractivity contribution < 1.29 is 9.90 Å². The smallest absolute Gasteiger partial charge is 0.335 e. The number of aromatic carboxylic acids is 1. The fourth-order valence-corrected chi connectivity index (χ4v) is 3.39. The minimum atomic E-state index is -1.05. The number of aromatic nitrogens is 2. The third-order valence-corrected chi connectivity index (χ3v) is 5.17. The number of fused-ring (bicyclic) bond motifs is 1. The predicted octanol–water partition coefficient (Wildman–Crippen LogP) is 4.86. The number of benzene rings is 3. The Morgan fingerprint density at radius 1 is 0.966 bits per heavy atom. The van der Waals surface area contributed by atoms with Crippen molar-refractivity contribution in [1.82, 2.24) is 9.55 Å². The Kier molecular flexibility index (Phi) is 5.26. The second-order valence-corrected chi connectivity index (χ2v) is 7.61. The number of hydrogen-bond donors (Lipinski definition) is 1. The van der Waals surface area contributed by atoms with E-state index >= 15 is 0 Å². The molecule has 0 radical (unpaired) electrons. The molecule has 0 amide bonds. The number of hydrogen-bond acceptors (Lipinski definition) is 3. The van der Waals surface area contributed by atoms with Gasteiger partial charge in [0.2, 0.25) is 0 Å². The van der Waals surface area contributed by atoms with E-state index in [-0.39, 0.29) is 11.1 Å². The standard InChI is InChI=1S/C23H15IN2O3/c24-17-11-8-15(9-12-17)10-13-21-25-20-7-2-1-6-19(20)22(27)26(21)18-5-3-4-16(14-18)23(28)29/h1-14H,(H,28,29)/b13-10+. The Labute approximate surface area is 180 Å². The zero-order chi connectivity index (χ0) is 20.4. The molecule has 5 nitrogen and oxygen atoms in total. The largest absolute Gasteiger partial charge is 0.478 e. The number of rotatable bonds is 4. The Hall–Kier alpha value is -3.26. The van der Waals surface area contributed by atoms with Crippen molar-refractivity contribution in [1.29, 1.82) is 0 Å². The van der Waals surface area contributed by atoms with Gasteiger partial charge in [-0.2, -0.15) is 0 Å². The number of nitrogens with zero attached hydrogens (tertiary/aromatic N) is 2. The summed E-state index contributed by atoms with van der Waals surface area (Å²) in [6.07, 6.45) is 3.65. The van der Waals surface area contributed by atoms with Crippen molar-refractivity contribution in [3.63, 3.8) is 0 Å². The van der Waals surface area contributed by atoms with Crippen molar-refractivity contribution >= 4 is 51.6 Å². The summed E-state index contributed by atoms with van der Waals surface area (Å²) in [5.74, 6) is -0.626. The van der Waals surface area contributed by atoms with Gasteiger partial charge >= 0.3 is 5.97 Å². The van der Waals surface area contributed by atoms with Gasteiger partial charge in [-0.15, -0.1) is 0 Å². The molecule has 1 aromatic heterocycles. The summed E-state index contributed by atoms with van der Waals surface area (Å²) in [4.78, 5) is 29.3. The van der Waals surface area contributed by atoms with Gasteiger partial charge in [0.1, 0.15) is 5.82 Å². The first-order valence-corrected chi connectivity index (χ1v) is 9.90. The van der Waals surface area contributed by atoms with Crippen LogP contribution in [0.4, 0.5) is 0 Å². The van der Waals surface area contributed by atoms with E-state index < -0.39 is 5.97 Å². The van der Waals surface area contributed by atoms with E-state index in [0.29, 0.717) is 22.4 Å². The molecular weight excluding hydrogens is 479 g/mol. The zero-order valence-electron chi connectivity index (χ0n) is 15.1. The lowest BCUT2D eigenvalue weighted by atomic mass is 10.1. The molecule has 0 fully saturated rings. The van der Waals surface area contributed by atoms with Gasteiger partial charge in [0.15, 0.2) is 0 Å². The molecule has 0 saturated carbocycles. The van der Waals surface area contributed by atoms with Crippen molar-refractivity contribution in [3.05, 3.63) is 104 Å². The Bertz CT molecular complexity index is 1310. The van der Waals surface area contributed by atoms with Crippen LogP contribution in [0.3, 0.4) is 0 Å². The van der Waals surface area contributed by atoms with Crippen LogP contribution in [0.2, 0.25) is 0 Å². The van der Waals surface area contributed by atoms with Gasteiger partial charge in [-0.3, -0.25) is 9.36 Å². The summed E-state index contributed by atoms with van der Waals surface area (Å²) in [6, 6.07) is 21.4. The summed E-state index contributed by atoms with van der Waals surface area (Å²) in [6.45, 7) is 0. The van der Waals surface area contributed by atoms with E-state index in [1.54, 1.807) is 36.4 Å². The molecule has 1 N–H and O–H groups in total. The third-order valence-electron chi connectivity index (χ3n) is 4.45. The molecule has 0 aliphatic carbocycles. The van der Waals surface area contributed by atoms with E-state index in [0.717, 1.165) is 9.13 Å². The third kappa shape index (κ3) is 3.97. The van der Waals surface area contributed by atoms with Gasteiger partial charge in [0.05, 0.1) is 22.2 Å². The highest BCUT2D eigenvalue weighted by atomic mass is 127. The fraction of sp³-hybridized carbons (Fsp3) is 0. The van der Waals surface area contributed by atoms with Crippen LogP contribution >= 0.6 is 22.6 Å². The Morgan fingerprint density at radius 3 is 2.48 bits per heavy atom. The molecule has 0 bridgehead atoms. The van der Waals surface area contributed by atoms with Gasteiger partial charge in [0, 0.05) is 3.57 Å². The first-order chi connectivity index (χ1) is 14.0. The van der Waals surface area contributed by atoms with Crippen molar-refractivity contribution in [2.45, 2.75) is 0 Å². The molecule has 0 aliphatic rings. The van der Waals surface area contributed by atoms with Crippen molar-refractivity contribution in [2.24, 2.45) is 0 Å². The topological polar surface area (TPSA) is 72.2 Å². The Morgan fingerprint density at radius 2 is 1.72 bits per heavy atom. The quantitative estimate of drug-likeness (QED) is 0.412. The fourth-order valence-electron chi connectivity index (χ4n) is 3.03. The maximum Gasteiger partial charge on any atom is 0.335 e. The minimum absolute atomic E-state index is 0.107. The maximum atomic E-state index is 13.2. The molecule has 142 valence electrons. The monoisotopic (exact) mass is 494 g/mol. The van der Waals surface area contributed by atoms with Crippen LogP contribution in [-0.2, 0) is 0 Å². The van der Waals surface area contributed by atoms with E-state index in [4.69, 9.17) is 0 Å². The van der Waals surface area contributed by atoms with Crippen molar-refractivity contribution in [3.8, 4) is 5.69 Å². The summed E-state index contributed by atoms with van der Waals surface area (Å²) in [5.41, 5.74) is 1.87. The lowest BCUT2D eigenvalue weighted by Gasteiger charge is -2.12. The van der Waals surface area contributed by atoms with Crippen molar-refractivity contribution in [2.75, 3.05) is 0 Å². The van der Waals surface area contributed by atoms with Gasteiger partial charge < -0.3 is 5.11 Å². The van der Waals surface area contributed by atoms with E-state index in [1.165, 1.54) is 16.7 Å². The first-order valence-electron chi connectivity index (χ1n) is 8.82. The second-order valence-electron chi connectivity index (χ2n) is 6.37. The van der Waals surface area contributed by atoms with E-state index in [1.807, 2.05) is 36.4 Å². The molecule has 4 aromatic rings. The highest BCUT2D eigenvalue weighted by Gasteiger charge is 2.12. The average Bonchev–Trinajstić information content (AvgIpc) is 2.73. The van der Waals surface area contributed by atoms with Gasteiger partial charge in [-0.05, 0) is 76.7 Å². The number of carboxylic acids is 1. The molecule has 6 heteroatoms. The van der Waals surface area contributed by atoms with Crippen LogP contribution in [0.5, 0.6) is 0 Å². The van der Waals surface area contributed by atoms with Crippen LogP contribution in [0.25, 0.3) is 28.7 Å². The lowest BCUT2D eigenvalue weighted by molar-refractivity contribution is 0.0697. The second kappa shape index (κ2) is 8.00. The van der Waals surface area contributed by atoms with Crippen LogP contribution in [-0.4, -0.2) is 20.6 Å². The number of halogens is 1. The van der Waals surface area contributed by atoms with Crippen LogP contribution in [0.15, 0.2) is 77.6 Å². The van der Waals surface area contributed by atoms with Gasteiger partial charge in [-0.1, -0.05) is 36.4 Å². The summed E-state index contributed by atoms with van der Waals surface area (Å²) in [7, 11) is 0.